The molecular weight excluding hydrogens is 206 g/mol. The normalized spacial score (nSPS) is 15.0. The van der Waals surface area contributed by atoms with Crippen LogP contribution >= 0.6 is 11.6 Å². The van der Waals surface area contributed by atoms with E-state index >= 15 is 0 Å². The summed E-state index contributed by atoms with van der Waals surface area (Å²) in [6.45, 7) is 6.50. The molecule has 0 saturated carbocycles. The molecule has 15 heavy (non-hydrogen) atoms. The predicted molar refractivity (Wildman–Crippen MR) is 67.4 cm³/mol. The lowest BCUT2D eigenvalue weighted by atomic mass is 9.92. The van der Waals surface area contributed by atoms with E-state index in [-0.39, 0.29) is 0 Å². The fraction of sp³-hybridized carbons (Fsp3) is 0.538. The number of rotatable bonds is 4. The second kappa shape index (κ2) is 5.53. The quantitative estimate of drug-likeness (QED) is 0.818. The Morgan fingerprint density at radius 1 is 1.40 bits per heavy atom. The fourth-order valence-corrected chi connectivity index (χ4v) is 2.01. The summed E-state index contributed by atoms with van der Waals surface area (Å²) in [6.07, 6.45) is 1.16. The van der Waals surface area contributed by atoms with Gasteiger partial charge in [-0.1, -0.05) is 44.0 Å². The third-order valence-corrected chi connectivity index (χ3v) is 3.49. The molecule has 1 nitrogen and oxygen atoms in total. The third-order valence-electron chi connectivity index (χ3n) is 3.08. The Hall–Kier alpha value is -0.530. The summed E-state index contributed by atoms with van der Waals surface area (Å²) in [5.41, 5.74) is 2.42. The highest BCUT2D eigenvalue weighted by atomic mass is 35.5. The molecule has 0 aliphatic carbocycles. The predicted octanol–water partition coefficient (Wildman–Crippen LogP) is 3.96. The van der Waals surface area contributed by atoms with Crippen molar-refractivity contribution in [1.82, 2.24) is 5.32 Å². The van der Waals surface area contributed by atoms with Gasteiger partial charge in [-0.15, -0.1) is 0 Å². The van der Waals surface area contributed by atoms with Crippen LogP contribution in [0.1, 0.15) is 37.4 Å². The first kappa shape index (κ1) is 12.5. The molecule has 1 aromatic carbocycles. The summed E-state index contributed by atoms with van der Waals surface area (Å²) in [7, 11) is 2.00. The van der Waals surface area contributed by atoms with Crippen LogP contribution in [0.5, 0.6) is 0 Å². The van der Waals surface area contributed by atoms with Gasteiger partial charge in [0.05, 0.1) is 0 Å². The van der Waals surface area contributed by atoms with Gasteiger partial charge in [0, 0.05) is 11.1 Å². The number of hydrogen-bond acceptors (Lipinski definition) is 1. The Balaban J connectivity index is 2.97. The second-order valence-corrected chi connectivity index (χ2v) is 4.57. The Labute approximate surface area is 97.8 Å². The van der Waals surface area contributed by atoms with Gasteiger partial charge in [0.1, 0.15) is 0 Å². The highest BCUT2D eigenvalue weighted by molar-refractivity contribution is 6.31. The van der Waals surface area contributed by atoms with Gasteiger partial charge in [0.25, 0.3) is 0 Å². The van der Waals surface area contributed by atoms with Crippen LogP contribution in [0.25, 0.3) is 0 Å². The topological polar surface area (TPSA) is 12.0 Å². The van der Waals surface area contributed by atoms with Crippen molar-refractivity contribution < 1.29 is 0 Å². The Morgan fingerprint density at radius 2 is 2.07 bits per heavy atom. The Morgan fingerprint density at radius 3 is 2.53 bits per heavy atom. The van der Waals surface area contributed by atoms with Crippen LogP contribution in [0.4, 0.5) is 0 Å². The first-order valence-electron chi connectivity index (χ1n) is 5.53. The van der Waals surface area contributed by atoms with E-state index in [1.807, 2.05) is 14.0 Å². The molecule has 0 bridgehead atoms. The van der Waals surface area contributed by atoms with Gasteiger partial charge in [-0.2, -0.15) is 0 Å². The van der Waals surface area contributed by atoms with Gasteiger partial charge in [0.15, 0.2) is 0 Å². The first-order valence-corrected chi connectivity index (χ1v) is 5.91. The SMILES string of the molecule is CCC(C)C(NC)c1ccc(C)c(Cl)c1. The molecule has 2 unspecified atom stereocenters. The van der Waals surface area contributed by atoms with Crippen molar-refractivity contribution >= 4 is 11.6 Å². The van der Waals surface area contributed by atoms with Gasteiger partial charge < -0.3 is 5.32 Å². The van der Waals surface area contributed by atoms with Crippen molar-refractivity contribution in [1.29, 1.82) is 0 Å². The molecule has 0 aliphatic heterocycles. The maximum Gasteiger partial charge on any atom is 0.0438 e. The molecule has 0 heterocycles. The minimum absolute atomic E-state index is 0.396. The molecule has 0 aromatic heterocycles. The van der Waals surface area contributed by atoms with Gasteiger partial charge in [0.2, 0.25) is 0 Å². The zero-order chi connectivity index (χ0) is 11.4. The van der Waals surface area contributed by atoms with Crippen molar-refractivity contribution in [2.75, 3.05) is 7.05 Å². The van der Waals surface area contributed by atoms with E-state index in [1.165, 1.54) is 5.56 Å². The molecule has 2 heteroatoms. The number of benzene rings is 1. The summed E-state index contributed by atoms with van der Waals surface area (Å²) in [4.78, 5) is 0. The van der Waals surface area contributed by atoms with Crippen molar-refractivity contribution in [3.63, 3.8) is 0 Å². The van der Waals surface area contributed by atoms with Crippen LogP contribution in [0.2, 0.25) is 5.02 Å². The summed E-state index contributed by atoms with van der Waals surface area (Å²) in [5, 5.41) is 4.21. The first-order chi connectivity index (χ1) is 7.10. The van der Waals surface area contributed by atoms with Crippen molar-refractivity contribution in [3.8, 4) is 0 Å². The molecule has 1 aromatic rings. The van der Waals surface area contributed by atoms with Crippen LogP contribution in [-0.2, 0) is 0 Å². The molecule has 0 aliphatic rings. The van der Waals surface area contributed by atoms with Crippen LogP contribution in [0, 0.1) is 12.8 Å². The van der Waals surface area contributed by atoms with E-state index in [0.717, 1.165) is 17.0 Å². The number of hydrogen-bond donors (Lipinski definition) is 1. The number of halogens is 1. The van der Waals surface area contributed by atoms with E-state index in [0.29, 0.717) is 12.0 Å². The van der Waals surface area contributed by atoms with Crippen molar-refractivity contribution in [2.24, 2.45) is 5.92 Å². The maximum atomic E-state index is 6.13. The molecule has 0 fully saturated rings. The van der Waals surface area contributed by atoms with E-state index < -0.39 is 0 Å². The summed E-state index contributed by atoms with van der Waals surface area (Å²) >= 11 is 6.13. The van der Waals surface area contributed by atoms with E-state index in [9.17, 15) is 0 Å². The van der Waals surface area contributed by atoms with Crippen LogP contribution in [0.3, 0.4) is 0 Å². The molecule has 0 amide bonds. The van der Waals surface area contributed by atoms with Gasteiger partial charge in [-0.25, -0.2) is 0 Å². The monoisotopic (exact) mass is 225 g/mol. The van der Waals surface area contributed by atoms with Gasteiger partial charge in [-0.05, 0) is 37.1 Å². The molecule has 0 saturated heterocycles. The van der Waals surface area contributed by atoms with E-state index in [1.54, 1.807) is 0 Å². The molecule has 0 radical (unpaired) electrons. The summed E-state index contributed by atoms with van der Waals surface area (Å²) in [5.74, 6) is 0.619. The lowest BCUT2D eigenvalue weighted by molar-refractivity contribution is 0.400. The Kier molecular flexibility index (Phi) is 4.62. The average molecular weight is 226 g/mol. The summed E-state index contributed by atoms with van der Waals surface area (Å²) < 4.78 is 0. The Bertz CT molecular complexity index is 322. The largest absolute Gasteiger partial charge is 0.313 e. The van der Waals surface area contributed by atoms with Crippen molar-refractivity contribution in [2.45, 2.75) is 33.2 Å². The maximum absolute atomic E-state index is 6.13. The third kappa shape index (κ3) is 2.96. The van der Waals surface area contributed by atoms with E-state index in [4.69, 9.17) is 11.6 Å². The van der Waals surface area contributed by atoms with Gasteiger partial charge in [-0.3, -0.25) is 0 Å². The van der Waals surface area contributed by atoms with Crippen LogP contribution in [-0.4, -0.2) is 7.05 Å². The standard InChI is InChI=1S/C13H20ClN/c1-5-9(2)13(15-4)11-7-6-10(3)12(14)8-11/h6-9,13,15H,5H2,1-4H3. The highest BCUT2D eigenvalue weighted by Gasteiger charge is 2.16. The smallest absolute Gasteiger partial charge is 0.0438 e. The zero-order valence-corrected chi connectivity index (χ0v) is 10.7. The fourth-order valence-electron chi connectivity index (χ4n) is 1.82. The molecule has 84 valence electrons. The average Bonchev–Trinajstić information content (AvgIpc) is 2.24. The molecule has 2 atom stereocenters. The molecular formula is C13H20ClN. The minimum atomic E-state index is 0.396. The number of nitrogens with one attached hydrogen (secondary N) is 1. The van der Waals surface area contributed by atoms with Crippen LogP contribution < -0.4 is 5.32 Å². The van der Waals surface area contributed by atoms with Crippen molar-refractivity contribution in [3.05, 3.63) is 34.3 Å². The number of aryl methyl sites for hydroxylation is 1. The molecule has 0 spiro atoms. The minimum Gasteiger partial charge on any atom is -0.313 e. The van der Waals surface area contributed by atoms with Crippen LogP contribution in [0.15, 0.2) is 18.2 Å². The zero-order valence-electron chi connectivity index (χ0n) is 9.97. The molecule has 1 rings (SSSR count). The highest BCUT2D eigenvalue weighted by Crippen LogP contribution is 2.27. The molecule has 1 N–H and O–H groups in total. The lowest BCUT2D eigenvalue weighted by Crippen LogP contribution is -2.23. The van der Waals surface area contributed by atoms with E-state index in [2.05, 4.69) is 37.4 Å². The lowest BCUT2D eigenvalue weighted by Gasteiger charge is -2.23. The second-order valence-electron chi connectivity index (χ2n) is 4.16. The van der Waals surface area contributed by atoms with Gasteiger partial charge >= 0.3 is 0 Å². The summed E-state index contributed by atoms with van der Waals surface area (Å²) in [6, 6.07) is 6.72.